The molecule has 0 radical (unpaired) electrons. The SMILES string of the molecule is Cc1nc2ccccc2c(=O)n1CCCC(=O)N1CCCC(Cc2nnc3ccccn23)C1. The van der Waals surface area contributed by atoms with Crippen molar-refractivity contribution in [2.45, 2.75) is 45.6 Å². The standard InChI is InChI=1S/C25H28N6O2/c1-18-26-21-10-3-2-9-20(21)25(33)30(18)15-7-12-24(32)29-13-6-8-19(17-29)16-23-28-27-22-11-4-5-14-31(22)23/h2-5,9-11,14,19H,6-8,12-13,15-17H2,1H3. The van der Waals surface area contributed by atoms with Crippen LogP contribution in [0, 0.1) is 12.8 Å². The number of likely N-dealkylation sites (tertiary alicyclic amines) is 1. The molecular formula is C25H28N6O2. The van der Waals surface area contributed by atoms with Crippen molar-refractivity contribution < 1.29 is 4.79 Å². The lowest BCUT2D eigenvalue weighted by Crippen LogP contribution is -2.40. The van der Waals surface area contributed by atoms with Gasteiger partial charge in [-0.15, -0.1) is 10.2 Å². The third kappa shape index (κ3) is 4.37. The molecule has 170 valence electrons. The number of nitrogens with zero attached hydrogens (tertiary/aromatic N) is 6. The second-order valence-corrected chi connectivity index (χ2v) is 8.83. The van der Waals surface area contributed by atoms with Gasteiger partial charge in [0.25, 0.3) is 5.56 Å². The Kier molecular flexibility index (Phi) is 5.90. The quantitative estimate of drug-likeness (QED) is 0.456. The third-order valence-electron chi connectivity index (χ3n) is 6.55. The van der Waals surface area contributed by atoms with Crippen molar-refractivity contribution in [3.63, 3.8) is 0 Å². The van der Waals surface area contributed by atoms with Crippen LogP contribution in [-0.2, 0) is 17.8 Å². The Morgan fingerprint density at radius 3 is 2.88 bits per heavy atom. The Hall–Kier alpha value is -3.55. The highest BCUT2D eigenvalue weighted by molar-refractivity contribution is 5.77. The second-order valence-electron chi connectivity index (χ2n) is 8.83. The summed E-state index contributed by atoms with van der Waals surface area (Å²) in [5.41, 5.74) is 1.53. The molecule has 1 fully saturated rings. The molecule has 3 aromatic heterocycles. The molecule has 8 nitrogen and oxygen atoms in total. The number of benzene rings is 1. The number of aromatic nitrogens is 5. The smallest absolute Gasteiger partial charge is 0.261 e. The number of carbonyl (C=O) groups excluding carboxylic acids is 1. The normalized spacial score (nSPS) is 16.5. The second kappa shape index (κ2) is 9.13. The average molecular weight is 445 g/mol. The van der Waals surface area contributed by atoms with Crippen LogP contribution in [0.4, 0.5) is 0 Å². The van der Waals surface area contributed by atoms with Gasteiger partial charge in [-0.25, -0.2) is 4.98 Å². The van der Waals surface area contributed by atoms with Crippen LogP contribution in [-0.4, -0.2) is 48.0 Å². The summed E-state index contributed by atoms with van der Waals surface area (Å²) < 4.78 is 3.71. The van der Waals surface area contributed by atoms with Crippen molar-refractivity contribution in [3.05, 3.63) is 70.7 Å². The fraction of sp³-hybridized carbons (Fsp3) is 0.400. The van der Waals surface area contributed by atoms with Gasteiger partial charge in [-0.2, -0.15) is 0 Å². The third-order valence-corrected chi connectivity index (χ3v) is 6.55. The van der Waals surface area contributed by atoms with Crippen LogP contribution in [0.25, 0.3) is 16.6 Å². The van der Waals surface area contributed by atoms with Gasteiger partial charge < -0.3 is 4.90 Å². The van der Waals surface area contributed by atoms with Crippen molar-refractivity contribution in [2.75, 3.05) is 13.1 Å². The van der Waals surface area contributed by atoms with Gasteiger partial charge in [-0.1, -0.05) is 18.2 Å². The minimum Gasteiger partial charge on any atom is -0.342 e. The van der Waals surface area contributed by atoms with Gasteiger partial charge in [0.1, 0.15) is 11.6 Å². The van der Waals surface area contributed by atoms with Gasteiger partial charge in [0.2, 0.25) is 5.91 Å². The monoisotopic (exact) mass is 444 g/mol. The molecule has 4 heterocycles. The fourth-order valence-corrected chi connectivity index (χ4v) is 4.84. The first-order chi connectivity index (χ1) is 16.1. The van der Waals surface area contributed by atoms with E-state index in [1.54, 1.807) is 10.6 Å². The zero-order valence-corrected chi connectivity index (χ0v) is 18.9. The summed E-state index contributed by atoms with van der Waals surface area (Å²) in [6, 6.07) is 13.3. The molecule has 1 aliphatic heterocycles. The number of para-hydroxylation sites is 1. The van der Waals surface area contributed by atoms with Crippen LogP contribution in [0.5, 0.6) is 0 Å². The molecular weight excluding hydrogens is 416 g/mol. The predicted molar refractivity (Wildman–Crippen MR) is 126 cm³/mol. The molecule has 1 aliphatic rings. The molecule has 0 N–H and O–H groups in total. The number of rotatable bonds is 6. The van der Waals surface area contributed by atoms with Crippen LogP contribution in [0.15, 0.2) is 53.5 Å². The summed E-state index contributed by atoms with van der Waals surface area (Å²) in [6.45, 7) is 3.89. The number of hydrogen-bond donors (Lipinski definition) is 0. The Balaban J connectivity index is 1.19. The summed E-state index contributed by atoms with van der Waals surface area (Å²) in [4.78, 5) is 32.3. The van der Waals surface area contributed by atoms with Gasteiger partial charge in [0.05, 0.1) is 10.9 Å². The van der Waals surface area contributed by atoms with E-state index in [0.717, 1.165) is 43.8 Å². The van der Waals surface area contributed by atoms with Gasteiger partial charge in [0.15, 0.2) is 5.65 Å². The maximum atomic E-state index is 12.9. The minimum absolute atomic E-state index is 0.0379. The van der Waals surface area contributed by atoms with Crippen LogP contribution in [0.3, 0.4) is 0 Å². The Bertz CT molecular complexity index is 1360. The van der Waals surface area contributed by atoms with Crippen LogP contribution < -0.4 is 5.56 Å². The Morgan fingerprint density at radius 2 is 1.97 bits per heavy atom. The Morgan fingerprint density at radius 1 is 1.12 bits per heavy atom. The predicted octanol–water partition coefficient (Wildman–Crippen LogP) is 3.01. The van der Waals surface area contributed by atoms with Crippen molar-refractivity contribution in [1.29, 1.82) is 0 Å². The molecule has 1 amide bonds. The highest BCUT2D eigenvalue weighted by Crippen LogP contribution is 2.21. The maximum Gasteiger partial charge on any atom is 0.261 e. The lowest BCUT2D eigenvalue weighted by molar-refractivity contribution is -0.133. The first-order valence-electron chi connectivity index (χ1n) is 11.6. The molecule has 1 saturated heterocycles. The molecule has 0 aliphatic carbocycles. The van der Waals surface area contributed by atoms with Crippen molar-refractivity contribution in [2.24, 2.45) is 5.92 Å². The van der Waals surface area contributed by atoms with Crippen LogP contribution >= 0.6 is 0 Å². The van der Waals surface area contributed by atoms with E-state index in [1.807, 2.05) is 58.8 Å². The van der Waals surface area contributed by atoms with Gasteiger partial charge in [0, 0.05) is 38.7 Å². The van der Waals surface area contributed by atoms with E-state index >= 15 is 0 Å². The summed E-state index contributed by atoms with van der Waals surface area (Å²) in [5.74, 6) is 2.17. The average Bonchev–Trinajstić information content (AvgIpc) is 3.24. The van der Waals surface area contributed by atoms with E-state index in [1.165, 1.54) is 0 Å². The van der Waals surface area contributed by atoms with E-state index in [4.69, 9.17) is 0 Å². The summed E-state index contributed by atoms with van der Waals surface area (Å²) >= 11 is 0. The highest BCUT2D eigenvalue weighted by atomic mass is 16.2. The maximum absolute atomic E-state index is 12.9. The van der Waals surface area contributed by atoms with Gasteiger partial charge >= 0.3 is 0 Å². The number of pyridine rings is 1. The van der Waals surface area contributed by atoms with Gasteiger partial charge in [-0.3, -0.25) is 18.6 Å². The molecule has 0 bridgehead atoms. The van der Waals surface area contributed by atoms with Crippen LogP contribution in [0.1, 0.15) is 37.3 Å². The number of fused-ring (bicyclic) bond motifs is 2. The van der Waals surface area contributed by atoms with Crippen molar-refractivity contribution in [1.82, 2.24) is 29.0 Å². The molecule has 0 spiro atoms. The zero-order chi connectivity index (χ0) is 22.8. The molecule has 33 heavy (non-hydrogen) atoms. The van der Waals surface area contributed by atoms with E-state index in [0.29, 0.717) is 42.0 Å². The molecule has 1 aromatic carbocycles. The number of piperidine rings is 1. The van der Waals surface area contributed by atoms with E-state index < -0.39 is 0 Å². The van der Waals surface area contributed by atoms with Crippen molar-refractivity contribution in [3.8, 4) is 0 Å². The molecule has 8 heteroatoms. The van der Waals surface area contributed by atoms with E-state index in [-0.39, 0.29) is 11.5 Å². The molecule has 0 saturated carbocycles. The minimum atomic E-state index is -0.0379. The molecule has 4 aromatic rings. The molecule has 1 unspecified atom stereocenters. The summed E-state index contributed by atoms with van der Waals surface area (Å²) in [7, 11) is 0. The lowest BCUT2D eigenvalue weighted by Gasteiger charge is -2.32. The summed E-state index contributed by atoms with van der Waals surface area (Å²) in [5, 5.41) is 9.21. The number of amides is 1. The Labute approximate surface area is 191 Å². The topological polar surface area (TPSA) is 85.4 Å². The number of aryl methyl sites for hydroxylation is 1. The molecule has 5 rings (SSSR count). The molecule has 1 atom stereocenters. The van der Waals surface area contributed by atoms with Crippen molar-refractivity contribution >= 4 is 22.5 Å². The first kappa shape index (κ1) is 21.3. The van der Waals surface area contributed by atoms with E-state index in [2.05, 4.69) is 15.2 Å². The first-order valence-corrected chi connectivity index (χ1v) is 11.6. The number of carbonyl (C=O) groups is 1. The fourth-order valence-electron chi connectivity index (χ4n) is 4.84. The lowest BCUT2D eigenvalue weighted by atomic mass is 9.94. The van der Waals surface area contributed by atoms with Gasteiger partial charge in [-0.05, 0) is 56.4 Å². The largest absolute Gasteiger partial charge is 0.342 e. The highest BCUT2D eigenvalue weighted by Gasteiger charge is 2.25. The summed E-state index contributed by atoms with van der Waals surface area (Å²) in [6.07, 6.45) is 5.94. The zero-order valence-electron chi connectivity index (χ0n) is 18.9. The van der Waals surface area contributed by atoms with Crippen LogP contribution in [0.2, 0.25) is 0 Å². The number of hydrogen-bond acceptors (Lipinski definition) is 5. The van der Waals surface area contributed by atoms with E-state index in [9.17, 15) is 9.59 Å².